The lowest BCUT2D eigenvalue weighted by atomic mass is 10.2. The van der Waals surface area contributed by atoms with Crippen LogP contribution in [0.4, 0.5) is 15.9 Å². The number of H-pyrrole nitrogens is 1. The molecule has 0 saturated carbocycles. The van der Waals surface area contributed by atoms with Crippen molar-refractivity contribution >= 4 is 34.7 Å². The predicted octanol–water partition coefficient (Wildman–Crippen LogP) is 2.28. The molecule has 1 aromatic carbocycles. The summed E-state index contributed by atoms with van der Waals surface area (Å²) in [5.41, 5.74) is 1.96. The van der Waals surface area contributed by atoms with Gasteiger partial charge in [0.05, 0.1) is 25.5 Å². The van der Waals surface area contributed by atoms with Gasteiger partial charge >= 0.3 is 5.65 Å². The van der Waals surface area contributed by atoms with Crippen LogP contribution in [0.25, 0.3) is 5.65 Å². The number of hydrogen-bond acceptors (Lipinski definition) is 6. The first kappa shape index (κ1) is 24.0. The SMILES string of the molecule is COc1cc(F)ccc1N1CCN(CCCNc2c(C(=O)N(C)C)cnc3c(Cl)c[nH][n+]23)CC1. The molecule has 2 N–H and O–H groups in total. The van der Waals surface area contributed by atoms with E-state index in [9.17, 15) is 9.18 Å². The van der Waals surface area contributed by atoms with Crippen molar-refractivity contribution in [2.45, 2.75) is 6.42 Å². The van der Waals surface area contributed by atoms with Gasteiger partial charge in [0.15, 0.2) is 0 Å². The van der Waals surface area contributed by atoms with Crippen molar-refractivity contribution < 1.29 is 18.4 Å². The number of halogens is 2. The van der Waals surface area contributed by atoms with E-state index in [1.165, 1.54) is 17.0 Å². The van der Waals surface area contributed by atoms with E-state index < -0.39 is 0 Å². The Bertz CT molecular complexity index is 1160. The smallest absolute Gasteiger partial charge is 0.305 e. The number of aromatic nitrogens is 3. The van der Waals surface area contributed by atoms with Crippen molar-refractivity contribution in [3.63, 3.8) is 0 Å². The monoisotopic (exact) mass is 490 g/mol. The number of fused-ring (bicyclic) bond motifs is 1. The average molecular weight is 491 g/mol. The van der Waals surface area contributed by atoms with Crippen LogP contribution in [0.2, 0.25) is 5.02 Å². The number of rotatable bonds is 8. The maximum Gasteiger partial charge on any atom is 0.305 e. The van der Waals surface area contributed by atoms with Gasteiger partial charge in [-0.15, -0.1) is 9.50 Å². The molecule has 34 heavy (non-hydrogen) atoms. The summed E-state index contributed by atoms with van der Waals surface area (Å²) in [4.78, 5) is 23.1. The molecule has 1 aliphatic heterocycles. The van der Waals surface area contributed by atoms with Gasteiger partial charge < -0.3 is 19.9 Å². The highest BCUT2D eigenvalue weighted by molar-refractivity contribution is 6.33. The van der Waals surface area contributed by atoms with Gasteiger partial charge in [0.25, 0.3) is 11.7 Å². The van der Waals surface area contributed by atoms with Crippen LogP contribution in [0, 0.1) is 5.82 Å². The number of anilines is 2. The Balaban J connectivity index is 1.33. The molecule has 4 rings (SSSR count). The number of benzene rings is 1. The highest BCUT2D eigenvalue weighted by Gasteiger charge is 2.25. The van der Waals surface area contributed by atoms with Gasteiger partial charge in [-0.05, 0) is 18.6 Å². The van der Waals surface area contributed by atoms with Crippen LogP contribution in [0.5, 0.6) is 5.75 Å². The molecular weight excluding hydrogens is 461 g/mol. The van der Waals surface area contributed by atoms with E-state index >= 15 is 0 Å². The third kappa shape index (κ3) is 5.02. The Labute approximate surface area is 203 Å². The fraction of sp³-hybridized carbons (Fsp3) is 0.435. The van der Waals surface area contributed by atoms with Crippen molar-refractivity contribution in [1.82, 2.24) is 19.9 Å². The van der Waals surface area contributed by atoms with Crippen molar-refractivity contribution in [3.8, 4) is 5.75 Å². The summed E-state index contributed by atoms with van der Waals surface area (Å²) >= 11 is 6.21. The minimum Gasteiger partial charge on any atom is -0.494 e. The lowest BCUT2D eigenvalue weighted by molar-refractivity contribution is -0.564. The summed E-state index contributed by atoms with van der Waals surface area (Å²) in [5.74, 6) is 0.769. The fourth-order valence-corrected chi connectivity index (χ4v) is 4.34. The lowest BCUT2D eigenvalue weighted by Crippen LogP contribution is -2.47. The van der Waals surface area contributed by atoms with E-state index in [-0.39, 0.29) is 11.7 Å². The summed E-state index contributed by atoms with van der Waals surface area (Å²) in [6, 6.07) is 4.67. The second-order valence-electron chi connectivity index (χ2n) is 8.43. The molecule has 3 heterocycles. The first-order chi connectivity index (χ1) is 16.4. The van der Waals surface area contributed by atoms with Gasteiger partial charge in [-0.1, -0.05) is 11.6 Å². The Hall–Kier alpha value is -3.11. The van der Waals surface area contributed by atoms with E-state index in [0.29, 0.717) is 34.3 Å². The third-order valence-corrected chi connectivity index (χ3v) is 6.25. The zero-order valence-electron chi connectivity index (χ0n) is 19.6. The molecule has 1 saturated heterocycles. The molecule has 9 nitrogen and oxygen atoms in total. The normalized spacial score (nSPS) is 14.4. The molecule has 3 aromatic rings. The van der Waals surface area contributed by atoms with Crippen LogP contribution < -0.4 is 19.5 Å². The topological polar surface area (TPSA) is 80.8 Å². The van der Waals surface area contributed by atoms with Crippen molar-refractivity contribution in [2.75, 3.05) is 70.7 Å². The highest BCUT2D eigenvalue weighted by atomic mass is 35.5. The van der Waals surface area contributed by atoms with E-state index in [1.54, 1.807) is 44.2 Å². The highest BCUT2D eigenvalue weighted by Crippen LogP contribution is 2.29. The zero-order chi connectivity index (χ0) is 24.2. The molecule has 1 amide bonds. The molecular formula is C23H30ClFN7O2+. The first-order valence-electron chi connectivity index (χ1n) is 11.2. The van der Waals surface area contributed by atoms with Crippen molar-refractivity contribution in [1.29, 1.82) is 0 Å². The maximum atomic E-state index is 13.5. The molecule has 1 fully saturated rings. The first-order valence-corrected chi connectivity index (χ1v) is 11.6. The Morgan fingerprint density at radius 1 is 1.32 bits per heavy atom. The van der Waals surface area contributed by atoms with Crippen LogP contribution in [-0.2, 0) is 0 Å². The number of ether oxygens (including phenoxy) is 1. The van der Waals surface area contributed by atoms with Crippen LogP contribution in [0.1, 0.15) is 16.8 Å². The van der Waals surface area contributed by atoms with Crippen LogP contribution in [0.15, 0.2) is 30.6 Å². The number of nitrogens with zero attached hydrogens (tertiary/aromatic N) is 5. The van der Waals surface area contributed by atoms with Crippen LogP contribution in [-0.4, -0.2) is 86.3 Å². The van der Waals surface area contributed by atoms with Crippen LogP contribution in [0.3, 0.4) is 0 Å². The van der Waals surface area contributed by atoms with Crippen molar-refractivity contribution in [2.24, 2.45) is 0 Å². The minimum absolute atomic E-state index is 0.137. The number of amides is 1. The van der Waals surface area contributed by atoms with Gasteiger partial charge in [-0.3, -0.25) is 9.69 Å². The Morgan fingerprint density at radius 2 is 2.09 bits per heavy atom. The molecule has 182 valence electrons. The maximum absolute atomic E-state index is 13.5. The lowest BCUT2D eigenvalue weighted by Gasteiger charge is -2.36. The van der Waals surface area contributed by atoms with E-state index in [0.717, 1.165) is 44.8 Å². The molecule has 2 aromatic heterocycles. The summed E-state index contributed by atoms with van der Waals surface area (Å²) in [6.07, 6.45) is 4.10. The number of aromatic amines is 1. The van der Waals surface area contributed by atoms with E-state index in [2.05, 4.69) is 25.2 Å². The molecule has 0 spiro atoms. The van der Waals surface area contributed by atoms with Gasteiger partial charge in [0, 0.05) is 52.9 Å². The largest absolute Gasteiger partial charge is 0.494 e. The van der Waals surface area contributed by atoms with Gasteiger partial charge in [0.2, 0.25) is 0 Å². The van der Waals surface area contributed by atoms with Gasteiger partial charge in [0.1, 0.15) is 28.3 Å². The van der Waals surface area contributed by atoms with Gasteiger partial charge in [-0.25, -0.2) is 9.49 Å². The molecule has 0 bridgehead atoms. The predicted molar refractivity (Wildman–Crippen MR) is 129 cm³/mol. The average Bonchev–Trinajstić information content (AvgIpc) is 3.22. The molecule has 0 atom stereocenters. The summed E-state index contributed by atoms with van der Waals surface area (Å²) < 4.78 is 20.6. The number of piperazine rings is 1. The quantitative estimate of drug-likeness (QED) is 0.372. The Kier molecular flexibility index (Phi) is 7.38. The molecule has 0 radical (unpaired) electrons. The number of hydrogen-bond donors (Lipinski definition) is 2. The van der Waals surface area contributed by atoms with Crippen LogP contribution >= 0.6 is 11.6 Å². The molecule has 1 aliphatic rings. The fourth-order valence-electron chi connectivity index (χ4n) is 4.16. The summed E-state index contributed by atoms with van der Waals surface area (Å²) in [6.45, 7) is 5.11. The number of methoxy groups -OCH3 is 1. The minimum atomic E-state index is -0.298. The second-order valence-corrected chi connectivity index (χ2v) is 8.83. The number of carbonyl (C=O) groups is 1. The van der Waals surface area contributed by atoms with Crippen molar-refractivity contribution in [3.05, 3.63) is 47.0 Å². The number of carbonyl (C=O) groups excluding carboxylic acids is 1. The standard InChI is InChI=1S/C23H29ClFN7O2/c1-29(2)23(33)17-14-27-22-18(24)15-28-32(22)21(17)26-7-4-8-30-9-11-31(12-10-30)19-6-5-16(25)13-20(19)34-3/h5-6,13-15H,4,7-12H2,1-3H3,(H,26,27,28,33)/p+1. The number of nitrogens with one attached hydrogen (secondary N) is 2. The molecule has 11 heteroatoms. The summed E-state index contributed by atoms with van der Waals surface area (Å²) in [7, 11) is 4.99. The second kappa shape index (κ2) is 10.4. The molecule has 0 unspecified atom stereocenters. The summed E-state index contributed by atoms with van der Waals surface area (Å²) in [5, 5.41) is 6.94. The Morgan fingerprint density at radius 3 is 2.79 bits per heavy atom. The molecule has 0 aliphatic carbocycles. The van der Waals surface area contributed by atoms with E-state index in [4.69, 9.17) is 16.3 Å². The van der Waals surface area contributed by atoms with E-state index in [1.807, 2.05) is 0 Å². The zero-order valence-corrected chi connectivity index (χ0v) is 20.4. The third-order valence-electron chi connectivity index (χ3n) is 5.98. The van der Waals surface area contributed by atoms with Gasteiger partial charge in [-0.2, -0.15) is 0 Å².